The van der Waals surface area contributed by atoms with Gasteiger partial charge < -0.3 is 10.2 Å². The van der Waals surface area contributed by atoms with Crippen LogP contribution in [-0.4, -0.2) is 35.8 Å². The minimum atomic E-state index is -0.244. The van der Waals surface area contributed by atoms with Crippen molar-refractivity contribution >= 4 is 33.8 Å². The van der Waals surface area contributed by atoms with Gasteiger partial charge in [0.2, 0.25) is 11.8 Å². The molecule has 1 aromatic carbocycles. The van der Waals surface area contributed by atoms with Crippen molar-refractivity contribution in [2.24, 2.45) is 0 Å². The fraction of sp³-hybridized carbons (Fsp3) is 0.353. The van der Waals surface area contributed by atoms with Gasteiger partial charge >= 0.3 is 0 Å². The van der Waals surface area contributed by atoms with Crippen LogP contribution in [0.3, 0.4) is 0 Å². The van der Waals surface area contributed by atoms with E-state index in [-0.39, 0.29) is 24.3 Å². The molecule has 1 heterocycles. The first kappa shape index (κ1) is 17.2. The summed E-state index contributed by atoms with van der Waals surface area (Å²) in [7, 11) is 0. The quantitative estimate of drug-likeness (QED) is 0.821. The lowest BCUT2D eigenvalue weighted by Crippen LogP contribution is -2.46. The summed E-state index contributed by atoms with van der Waals surface area (Å²) >= 11 is 3.40. The number of rotatable bonds is 4. The molecule has 2 amide bonds. The van der Waals surface area contributed by atoms with Gasteiger partial charge in [-0.15, -0.1) is 0 Å². The van der Waals surface area contributed by atoms with E-state index in [4.69, 9.17) is 5.26 Å². The largest absolute Gasteiger partial charge is 0.352 e. The number of hydrogen-bond acceptors (Lipinski definition) is 3. The van der Waals surface area contributed by atoms with Crippen LogP contribution < -0.4 is 5.32 Å². The molecule has 6 heteroatoms. The maximum absolute atomic E-state index is 12.2. The van der Waals surface area contributed by atoms with Gasteiger partial charge in [0.15, 0.2) is 0 Å². The van der Waals surface area contributed by atoms with Gasteiger partial charge in [0.05, 0.1) is 6.07 Å². The van der Waals surface area contributed by atoms with Gasteiger partial charge in [0.25, 0.3) is 0 Å². The topological polar surface area (TPSA) is 73.2 Å². The Morgan fingerprint density at radius 2 is 2.13 bits per heavy atom. The van der Waals surface area contributed by atoms with Crippen LogP contribution in [0, 0.1) is 11.3 Å². The lowest BCUT2D eigenvalue weighted by Gasteiger charge is -2.31. The Hall–Kier alpha value is -2.13. The molecule has 1 saturated heterocycles. The monoisotopic (exact) mass is 375 g/mol. The predicted octanol–water partition coefficient (Wildman–Crippen LogP) is 2.48. The predicted molar refractivity (Wildman–Crippen MR) is 91.2 cm³/mol. The van der Waals surface area contributed by atoms with E-state index in [9.17, 15) is 9.59 Å². The number of nitrogens with zero attached hydrogens (tertiary/aromatic N) is 2. The van der Waals surface area contributed by atoms with Crippen molar-refractivity contribution in [3.8, 4) is 6.07 Å². The van der Waals surface area contributed by atoms with Gasteiger partial charge in [-0.05, 0) is 36.6 Å². The Balaban J connectivity index is 1.82. The standard InChI is InChI=1S/C17H18BrN3O2/c18-14-3-1-2-13(12-14)4-5-17(23)21-10-7-15(8-11-21)20-16(22)6-9-19/h1-5,12,15H,6-8,10-11H2,(H,20,22)/b5-4+. The zero-order chi connectivity index (χ0) is 16.7. The number of likely N-dealkylation sites (tertiary alicyclic amines) is 1. The number of hydrogen-bond donors (Lipinski definition) is 1. The highest BCUT2D eigenvalue weighted by Crippen LogP contribution is 2.14. The second-order valence-electron chi connectivity index (χ2n) is 5.39. The van der Waals surface area contributed by atoms with Crippen LogP contribution in [0.5, 0.6) is 0 Å². The normalized spacial score (nSPS) is 15.4. The Morgan fingerprint density at radius 1 is 1.39 bits per heavy atom. The lowest BCUT2D eigenvalue weighted by atomic mass is 10.0. The smallest absolute Gasteiger partial charge is 0.246 e. The van der Waals surface area contributed by atoms with E-state index in [1.54, 1.807) is 17.1 Å². The SMILES string of the molecule is N#CCC(=O)NC1CCN(C(=O)/C=C/c2cccc(Br)c2)CC1. The third-order valence-electron chi connectivity index (χ3n) is 3.68. The minimum Gasteiger partial charge on any atom is -0.352 e. The number of carbonyl (C=O) groups is 2. The first-order valence-electron chi connectivity index (χ1n) is 7.47. The van der Waals surface area contributed by atoms with E-state index in [2.05, 4.69) is 21.2 Å². The Morgan fingerprint density at radius 3 is 2.78 bits per heavy atom. The molecule has 1 fully saturated rings. The van der Waals surface area contributed by atoms with Crippen molar-refractivity contribution in [2.75, 3.05) is 13.1 Å². The van der Waals surface area contributed by atoms with Crippen LogP contribution in [-0.2, 0) is 9.59 Å². The summed E-state index contributed by atoms with van der Waals surface area (Å²) in [6, 6.07) is 9.62. The highest BCUT2D eigenvalue weighted by Gasteiger charge is 2.22. The Labute approximate surface area is 144 Å². The molecular weight excluding hydrogens is 358 g/mol. The van der Waals surface area contributed by atoms with E-state index in [0.717, 1.165) is 10.0 Å². The number of carbonyl (C=O) groups excluding carboxylic acids is 2. The van der Waals surface area contributed by atoms with Crippen molar-refractivity contribution in [1.82, 2.24) is 10.2 Å². The Bertz CT molecular complexity index is 643. The molecule has 1 aliphatic rings. The van der Waals surface area contributed by atoms with E-state index >= 15 is 0 Å². The van der Waals surface area contributed by atoms with Crippen LogP contribution in [0.15, 0.2) is 34.8 Å². The van der Waals surface area contributed by atoms with E-state index in [1.807, 2.05) is 30.3 Å². The molecule has 23 heavy (non-hydrogen) atoms. The average molecular weight is 376 g/mol. The molecule has 0 bridgehead atoms. The lowest BCUT2D eigenvalue weighted by molar-refractivity contribution is -0.127. The van der Waals surface area contributed by atoms with Crippen LogP contribution >= 0.6 is 15.9 Å². The molecule has 120 valence electrons. The summed E-state index contributed by atoms with van der Waals surface area (Å²) in [6.07, 6.45) is 4.69. The van der Waals surface area contributed by atoms with Crippen molar-refractivity contribution in [2.45, 2.75) is 25.3 Å². The number of benzene rings is 1. The molecule has 5 nitrogen and oxygen atoms in total. The third-order valence-corrected chi connectivity index (χ3v) is 4.17. The number of nitriles is 1. The third kappa shape index (κ3) is 5.53. The zero-order valence-corrected chi connectivity index (χ0v) is 14.3. The Kier molecular flexibility index (Phi) is 6.36. The van der Waals surface area contributed by atoms with Crippen molar-refractivity contribution in [3.05, 3.63) is 40.4 Å². The number of halogens is 1. The summed E-state index contributed by atoms with van der Waals surface area (Å²) in [6.45, 7) is 1.22. The average Bonchev–Trinajstić information content (AvgIpc) is 2.53. The van der Waals surface area contributed by atoms with Gasteiger partial charge in [-0.2, -0.15) is 5.26 Å². The maximum Gasteiger partial charge on any atom is 0.246 e. The highest BCUT2D eigenvalue weighted by molar-refractivity contribution is 9.10. The molecule has 1 aromatic rings. The van der Waals surface area contributed by atoms with E-state index < -0.39 is 0 Å². The zero-order valence-electron chi connectivity index (χ0n) is 12.7. The first-order chi connectivity index (χ1) is 11.1. The van der Waals surface area contributed by atoms with Crippen LogP contribution in [0.1, 0.15) is 24.8 Å². The molecule has 0 saturated carbocycles. The molecule has 1 N–H and O–H groups in total. The molecule has 0 atom stereocenters. The van der Waals surface area contributed by atoms with Crippen LogP contribution in [0.2, 0.25) is 0 Å². The molecule has 0 unspecified atom stereocenters. The van der Waals surface area contributed by atoms with Crippen molar-refractivity contribution in [3.63, 3.8) is 0 Å². The molecule has 2 rings (SSSR count). The molecule has 0 spiro atoms. The molecule has 0 radical (unpaired) electrons. The molecule has 0 aliphatic carbocycles. The summed E-state index contributed by atoms with van der Waals surface area (Å²) in [5, 5.41) is 11.3. The second-order valence-corrected chi connectivity index (χ2v) is 6.31. The van der Waals surface area contributed by atoms with Gasteiger partial charge in [-0.3, -0.25) is 9.59 Å². The van der Waals surface area contributed by atoms with Crippen molar-refractivity contribution in [1.29, 1.82) is 5.26 Å². The molecule has 0 aromatic heterocycles. The summed E-state index contributed by atoms with van der Waals surface area (Å²) in [5.41, 5.74) is 0.964. The highest BCUT2D eigenvalue weighted by atomic mass is 79.9. The maximum atomic E-state index is 12.2. The van der Waals surface area contributed by atoms with Gasteiger partial charge in [0, 0.05) is 29.7 Å². The minimum absolute atomic E-state index is 0.0215. The van der Waals surface area contributed by atoms with E-state index in [0.29, 0.717) is 25.9 Å². The number of nitrogens with one attached hydrogen (secondary N) is 1. The number of piperidine rings is 1. The number of amides is 2. The van der Waals surface area contributed by atoms with Crippen LogP contribution in [0.4, 0.5) is 0 Å². The fourth-order valence-corrected chi connectivity index (χ4v) is 2.89. The summed E-state index contributed by atoms with van der Waals surface area (Å²) in [5.74, 6) is -0.265. The molecular formula is C17H18BrN3O2. The summed E-state index contributed by atoms with van der Waals surface area (Å²) < 4.78 is 0.973. The fourth-order valence-electron chi connectivity index (χ4n) is 2.48. The van der Waals surface area contributed by atoms with Gasteiger partial charge in [0.1, 0.15) is 6.42 Å². The first-order valence-corrected chi connectivity index (χ1v) is 8.26. The van der Waals surface area contributed by atoms with Crippen molar-refractivity contribution < 1.29 is 9.59 Å². The van der Waals surface area contributed by atoms with E-state index in [1.165, 1.54) is 0 Å². The second kappa shape index (κ2) is 8.49. The van der Waals surface area contributed by atoms with Gasteiger partial charge in [-0.1, -0.05) is 28.1 Å². The van der Waals surface area contributed by atoms with Crippen LogP contribution in [0.25, 0.3) is 6.08 Å². The summed E-state index contributed by atoms with van der Waals surface area (Å²) in [4.78, 5) is 25.3. The molecule has 1 aliphatic heterocycles. The van der Waals surface area contributed by atoms with Gasteiger partial charge in [-0.25, -0.2) is 0 Å².